The van der Waals surface area contributed by atoms with Gasteiger partial charge < -0.3 is 9.84 Å². The molecule has 0 unspecified atom stereocenters. The highest BCUT2D eigenvalue weighted by molar-refractivity contribution is 5.51. The van der Waals surface area contributed by atoms with Crippen LogP contribution in [0.4, 0.5) is 0 Å². The molecular formula is C14H16N2O2. The van der Waals surface area contributed by atoms with Crippen LogP contribution in [-0.4, -0.2) is 16.7 Å². The van der Waals surface area contributed by atoms with Crippen LogP contribution in [-0.2, 0) is 17.8 Å². The Balaban J connectivity index is 2.14. The third-order valence-electron chi connectivity index (χ3n) is 4.02. The molecule has 0 spiro atoms. The third kappa shape index (κ3) is 1.75. The fourth-order valence-corrected chi connectivity index (χ4v) is 3.12. The second-order valence-electron chi connectivity index (χ2n) is 5.05. The largest absolute Gasteiger partial charge is 0.492 e. The van der Waals surface area contributed by atoms with E-state index >= 15 is 0 Å². The van der Waals surface area contributed by atoms with E-state index in [9.17, 15) is 5.11 Å². The van der Waals surface area contributed by atoms with Crippen molar-refractivity contribution in [1.29, 1.82) is 5.26 Å². The van der Waals surface area contributed by atoms with Crippen LogP contribution in [0.25, 0.3) is 0 Å². The molecule has 0 radical (unpaired) electrons. The topological polar surface area (TPSA) is 66.1 Å². The fourth-order valence-electron chi connectivity index (χ4n) is 3.12. The van der Waals surface area contributed by atoms with Gasteiger partial charge in [-0.25, -0.2) is 4.98 Å². The van der Waals surface area contributed by atoms with Crippen molar-refractivity contribution in [3.05, 3.63) is 22.4 Å². The van der Waals surface area contributed by atoms with Gasteiger partial charge in [-0.2, -0.15) is 5.26 Å². The first kappa shape index (κ1) is 11.5. The third-order valence-corrected chi connectivity index (χ3v) is 4.02. The minimum absolute atomic E-state index is 0.0972. The molecule has 1 saturated carbocycles. The minimum Gasteiger partial charge on any atom is -0.492 e. The first-order chi connectivity index (χ1) is 8.81. The van der Waals surface area contributed by atoms with Crippen molar-refractivity contribution < 1.29 is 9.84 Å². The van der Waals surface area contributed by atoms with Gasteiger partial charge in [-0.15, -0.1) is 0 Å². The summed E-state index contributed by atoms with van der Waals surface area (Å²) >= 11 is 0. The van der Waals surface area contributed by atoms with Crippen molar-refractivity contribution >= 4 is 0 Å². The molecule has 0 bridgehead atoms. The second kappa shape index (κ2) is 4.58. The van der Waals surface area contributed by atoms with Crippen molar-refractivity contribution in [1.82, 2.24) is 4.98 Å². The van der Waals surface area contributed by atoms with Crippen LogP contribution in [0.15, 0.2) is 0 Å². The summed E-state index contributed by atoms with van der Waals surface area (Å²) in [6.07, 6.45) is 5.41. The number of pyridine rings is 1. The lowest BCUT2D eigenvalue weighted by Gasteiger charge is -2.23. The predicted octanol–water partition coefficient (Wildman–Crippen LogP) is 2.39. The Hall–Kier alpha value is -1.60. The summed E-state index contributed by atoms with van der Waals surface area (Å²) in [7, 11) is 0. The number of nitrogens with zero attached hydrogens (tertiary/aromatic N) is 2. The van der Waals surface area contributed by atoms with Crippen LogP contribution >= 0.6 is 0 Å². The SMILES string of the molecule is N#Cc1c(O)nc(C2CCCC2)c2c1CCOC2. The normalized spacial score (nSPS) is 19.5. The molecule has 4 heteroatoms. The lowest BCUT2D eigenvalue weighted by molar-refractivity contribution is 0.109. The van der Waals surface area contributed by atoms with Crippen molar-refractivity contribution in [2.45, 2.75) is 44.6 Å². The van der Waals surface area contributed by atoms with Gasteiger partial charge in [0.1, 0.15) is 11.6 Å². The van der Waals surface area contributed by atoms with Gasteiger partial charge in [0.2, 0.25) is 5.88 Å². The van der Waals surface area contributed by atoms with Gasteiger partial charge in [0, 0.05) is 11.5 Å². The first-order valence-electron chi connectivity index (χ1n) is 6.53. The molecule has 3 rings (SSSR count). The number of hydrogen-bond acceptors (Lipinski definition) is 4. The van der Waals surface area contributed by atoms with Crippen LogP contribution in [0.2, 0.25) is 0 Å². The van der Waals surface area contributed by atoms with E-state index in [2.05, 4.69) is 11.1 Å². The van der Waals surface area contributed by atoms with Crippen LogP contribution in [0.3, 0.4) is 0 Å². The van der Waals surface area contributed by atoms with Crippen molar-refractivity contribution in [3.63, 3.8) is 0 Å². The van der Waals surface area contributed by atoms with Crippen LogP contribution < -0.4 is 0 Å². The highest BCUT2D eigenvalue weighted by Gasteiger charge is 2.28. The number of aromatic nitrogens is 1. The number of nitriles is 1. The van der Waals surface area contributed by atoms with E-state index in [4.69, 9.17) is 10.00 Å². The lowest BCUT2D eigenvalue weighted by Crippen LogP contribution is -2.17. The number of ether oxygens (including phenoxy) is 1. The highest BCUT2D eigenvalue weighted by atomic mass is 16.5. The van der Waals surface area contributed by atoms with Gasteiger partial charge >= 0.3 is 0 Å². The monoisotopic (exact) mass is 244 g/mol. The standard InChI is InChI=1S/C14H16N2O2/c15-7-11-10-5-6-18-8-12(10)13(16-14(11)17)9-3-1-2-4-9/h9H,1-6,8H2,(H,16,17). The Labute approximate surface area is 106 Å². The predicted molar refractivity (Wildman–Crippen MR) is 65.2 cm³/mol. The van der Waals surface area contributed by atoms with Gasteiger partial charge in [0.15, 0.2) is 0 Å². The van der Waals surface area contributed by atoms with E-state index in [1.807, 2.05) is 0 Å². The maximum atomic E-state index is 9.93. The van der Waals surface area contributed by atoms with Gasteiger partial charge in [-0.1, -0.05) is 12.8 Å². The van der Waals surface area contributed by atoms with Gasteiger partial charge in [-0.3, -0.25) is 0 Å². The van der Waals surface area contributed by atoms with Crippen molar-refractivity contribution in [3.8, 4) is 11.9 Å². The second-order valence-corrected chi connectivity index (χ2v) is 5.05. The van der Waals surface area contributed by atoms with E-state index < -0.39 is 0 Å². The zero-order valence-electron chi connectivity index (χ0n) is 10.3. The molecule has 1 aliphatic heterocycles. The quantitative estimate of drug-likeness (QED) is 0.823. The van der Waals surface area contributed by atoms with Crippen LogP contribution in [0.1, 0.15) is 54.0 Å². The Morgan fingerprint density at radius 3 is 2.78 bits per heavy atom. The van der Waals surface area contributed by atoms with Crippen LogP contribution in [0.5, 0.6) is 5.88 Å². The Bertz CT molecular complexity index is 514. The molecule has 0 aromatic carbocycles. The van der Waals surface area contributed by atoms with E-state index in [0.29, 0.717) is 31.1 Å². The number of fused-ring (bicyclic) bond motifs is 1. The zero-order valence-corrected chi connectivity index (χ0v) is 10.3. The molecule has 4 nitrogen and oxygen atoms in total. The average molecular weight is 244 g/mol. The summed E-state index contributed by atoms with van der Waals surface area (Å²) in [4.78, 5) is 4.29. The summed E-state index contributed by atoms with van der Waals surface area (Å²) in [5.74, 6) is 0.333. The molecule has 0 atom stereocenters. The molecule has 1 N–H and O–H groups in total. The van der Waals surface area contributed by atoms with Crippen LogP contribution in [0, 0.1) is 11.3 Å². The maximum absolute atomic E-state index is 9.93. The van der Waals surface area contributed by atoms with Gasteiger partial charge in [0.25, 0.3) is 0 Å². The Morgan fingerprint density at radius 1 is 1.28 bits per heavy atom. The van der Waals surface area contributed by atoms with E-state index in [1.54, 1.807) is 0 Å². The Morgan fingerprint density at radius 2 is 2.06 bits per heavy atom. The van der Waals surface area contributed by atoms with Gasteiger partial charge in [-0.05, 0) is 24.8 Å². The first-order valence-corrected chi connectivity index (χ1v) is 6.53. The summed E-state index contributed by atoms with van der Waals surface area (Å²) in [6, 6.07) is 2.07. The lowest BCUT2D eigenvalue weighted by atomic mass is 9.91. The summed E-state index contributed by atoms with van der Waals surface area (Å²) in [5.41, 5.74) is 3.33. The highest BCUT2D eigenvalue weighted by Crippen LogP contribution is 2.39. The number of hydrogen-bond donors (Lipinski definition) is 1. The molecular weight excluding hydrogens is 228 g/mol. The summed E-state index contributed by atoms with van der Waals surface area (Å²) < 4.78 is 5.50. The fraction of sp³-hybridized carbons (Fsp3) is 0.571. The number of rotatable bonds is 1. The minimum atomic E-state index is -0.0972. The number of aromatic hydroxyl groups is 1. The summed E-state index contributed by atoms with van der Waals surface area (Å²) in [5, 5.41) is 19.1. The molecule has 2 heterocycles. The molecule has 0 saturated heterocycles. The molecule has 1 fully saturated rings. The zero-order chi connectivity index (χ0) is 12.5. The molecule has 18 heavy (non-hydrogen) atoms. The van der Waals surface area contributed by atoms with Crippen molar-refractivity contribution in [2.24, 2.45) is 0 Å². The molecule has 1 aromatic heterocycles. The smallest absolute Gasteiger partial charge is 0.229 e. The molecule has 2 aliphatic rings. The Kier molecular flexibility index (Phi) is 2.92. The molecule has 94 valence electrons. The van der Waals surface area contributed by atoms with E-state index in [-0.39, 0.29) is 5.88 Å². The van der Waals surface area contributed by atoms with Gasteiger partial charge in [0.05, 0.1) is 18.9 Å². The molecule has 0 amide bonds. The summed E-state index contributed by atoms with van der Waals surface area (Å²) in [6.45, 7) is 1.15. The van der Waals surface area contributed by atoms with E-state index in [1.165, 1.54) is 12.8 Å². The average Bonchev–Trinajstić information content (AvgIpc) is 2.91. The van der Waals surface area contributed by atoms with Crippen molar-refractivity contribution in [2.75, 3.05) is 6.61 Å². The molecule has 1 aromatic rings. The van der Waals surface area contributed by atoms with E-state index in [0.717, 1.165) is 29.7 Å². The molecule has 1 aliphatic carbocycles. The maximum Gasteiger partial charge on any atom is 0.229 e.